The lowest BCUT2D eigenvalue weighted by atomic mass is 10.3. The van der Waals surface area contributed by atoms with Gasteiger partial charge >= 0.3 is 5.97 Å². The Bertz CT molecular complexity index is 561. The first-order valence-electron chi connectivity index (χ1n) is 5.19. The lowest BCUT2D eigenvalue weighted by molar-refractivity contribution is 0.0691. The molecule has 2 rings (SSSR count). The van der Waals surface area contributed by atoms with Gasteiger partial charge in [0.2, 0.25) is 0 Å². The fraction of sp³-hybridized carbons (Fsp3) is 0.0833. The summed E-state index contributed by atoms with van der Waals surface area (Å²) in [4.78, 5) is 18.8. The Labute approximate surface area is 108 Å². The van der Waals surface area contributed by atoms with Crippen LogP contribution >= 0.6 is 11.6 Å². The monoisotopic (exact) mass is 263 g/mol. The number of rotatable bonds is 4. The lowest BCUT2D eigenvalue weighted by Crippen LogP contribution is -2.06. The smallest absolute Gasteiger partial charge is 0.356 e. The summed E-state index contributed by atoms with van der Waals surface area (Å²) in [7, 11) is 0. The molecule has 92 valence electrons. The minimum absolute atomic E-state index is 0.120. The normalized spacial score (nSPS) is 10.1. The van der Waals surface area contributed by atoms with Crippen LogP contribution < -0.4 is 5.32 Å². The largest absolute Gasteiger partial charge is 0.476 e. The van der Waals surface area contributed by atoms with Crippen molar-refractivity contribution in [1.29, 1.82) is 0 Å². The molecule has 6 heteroatoms. The Morgan fingerprint density at radius 2 is 2.22 bits per heavy atom. The molecule has 0 fully saturated rings. The molecule has 0 saturated carbocycles. The van der Waals surface area contributed by atoms with E-state index in [1.807, 2.05) is 12.1 Å². The highest BCUT2D eigenvalue weighted by Gasteiger charge is 2.11. The third kappa shape index (κ3) is 2.95. The van der Waals surface area contributed by atoms with Crippen molar-refractivity contribution in [2.75, 3.05) is 5.32 Å². The minimum atomic E-state index is -1.15. The molecular weight excluding hydrogens is 254 g/mol. The predicted molar refractivity (Wildman–Crippen MR) is 67.8 cm³/mol. The maximum atomic E-state index is 10.9. The number of pyridine rings is 2. The zero-order valence-corrected chi connectivity index (χ0v) is 10.1. The molecule has 0 aliphatic rings. The van der Waals surface area contributed by atoms with E-state index in [1.165, 1.54) is 6.07 Å². The molecule has 18 heavy (non-hydrogen) atoms. The van der Waals surface area contributed by atoms with E-state index in [2.05, 4.69) is 15.3 Å². The zero-order chi connectivity index (χ0) is 13.0. The van der Waals surface area contributed by atoms with Crippen LogP contribution in [0.15, 0.2) is 36.7 Å². The molecule has 0 spiro atoms. The Kier molecular flexibility index (Phi) is 3.74. The van der Waals surface area contributed by atoms with E-state index in [1.54, 1.807) is 18.5 Å². The fourth-order valence-electron chi connectivity index (χ4n) is 1.39. The number of nitrogens with one attached hydrogen (secondary N) is 1. The highest BCUT2D eigenvalue weighted by Crippen LogP contribution is 2.17. The van der Waals surface area contributed by atoms with Crippen molar-refractivity contribution in [2.24, 2.45) is 0 Å². The van der Waals surface area contributed by atoms with Crippen molar-refractivity contribution >= 4 is 23.4 Å². The summed E-state index contributed by atoms with van der Waals surface area (Å²) >= 11 is 5.73. The maximum Gasteiger partial charge on any atom is 0.356 e. The molecule has 0 saturated heterocycles. The summed E-state index contributed by atoms with van der Waals surface area (Å²) in [6.45, 7) is 0.515. The molecule has 2 heterocycles. The van der Waals surface area contributed by atoms with Gasteiger partial charge in [-0.05, 0) is 23.8 Å². The highest BCUT2D eigenvalue weighted by molar-refractivity contribution is 6.33. The van der Waals surface area contributed by atoms with Gasteiger partial charge in [-0.25, -0.2) is 9.78 Å². The molecule has 0 atom stereocenters. The molecule has 0 aliphatic carbocycles. The Balaban J connectivity index is 2.11. The van der Waals surface area contributed by atoms with Gasteiger partial charge < -0.3 is 10.4 Å². The number of hydrogen-bond acceptors (Lipinski definition) is 4. The number of nitrogens with zero attached hydrogens (tertiary/aromatic N) is 2. The van der Waals surface area contributed by atoms with Gasteiger partial charge in [-0.3, -0.25) is 4.98 Å². The van der Waals surface area contributed by atoms with Crippen LogP contribution in [0.25, 0.3) is 0 Å². The molecule has 5 nitrogen and oxygen atoms in total. The molecule has 2 aromatic rings. The first-order valence-corrected chi connectivity index (χ1v) is 5.57. The number of anilines is 1. The van der Waals surface area contributed by atoms with Crippen molar-refractivity contribution in [2.45, 2.75) is 6.54 Å². The number of carbonyl (C=O) groups is 1. The van der Waals surface area contributed by atoms with Crippen molar-refractivity contribution < 1.29 is 9.90 Å². The van der Waals surface area contributed by atoms with Gasteiger partial charge in [0.05, 0.1) is 5.02 Å². The first-order chi connectivity index (χ1) is 8.66. The number of aromatic carboxylic acids is 1. The van der Waals surface area contributed by atoms with E-state index >= 15 is 0 Å². The van der Waals surface area contributed by atoms with Crippen LogP contribution in [-0.4, -0.2) is 21.0 Å². The number of aromatic nitrogens is 2. The fourth-order valence-corrected chi connectivity index (χ4v) is 1.57. The molecule has 0 bridgehead atoms. The molecule has 2 aromatic heterocycles. The zero-order valence-electron chi connectivity index (χ0n) is 9.30. The molecule has 0 unspecified atom stereocenters. The van der Waals surface area contributed by atoms with E-state index in [9.17, 15) is 4.79 Å². The van der Waals surface area contributed by atoms with Crippen LogP contribution in [0.3, 0.4) is 0 Å². The predicted octanol–water partition coefficient (Wildman–Crippen LogP) is 2.44. The van der Waals surface area contributed by atoms with Gasteiger partial charge in [-0.2, -0.15) is 0 Å². The van der Waals surface area contributed by atoms with Crippen molar-refractivity contribution in [3.8, 4) is 0 Å². The molecule has 0 amide bonds. The van der Waals surface area contributed by atoms with Crippen LogP contribution in [-0.2, 0) is 6.54 Å². The second kappa shape index (κ2) is 5.46. The maximum absolute atomic E-state index is 10.9. The quantitative estimate of drug-likeness (QED) is 0.886. The first kappa shape index (κ1) is 12.3. The van der Waals surface area contributed by atoms with Crippen LogP contribution in [0.1, 0.15) is 16.1 Å². The van der Waals surface area contributed by atoms with Crippen LogP contribution in [0.5, 0.6) is 0 Å². The van der Waals surface area contributed by atoms with Crippen LogP contribution in [0.2, 0.25) is 5.02 Å². The summed E-state index contributed by atoms with van der Waals surface area (Å²) in [5.41, 5.74) is 0.818. The summed E-state index contributed by atoms with van der Waals surface area (Å²) in [6.07, 6.45) is 3.41. The topological polar surface area (TPSA) is 75.1 Å². The average molecular weight is 264 g/mol. The average Bonchev–Trinajstić information content (AvgIpc) is 2.38. The summed E-state index contributed by atoms with van der Waals surface area (Å²) in [6, 6.07) is 6.87. The van der Waals surface area contributed by atoms with Crippen molar-refractivity contribution in [3.63, 3.8) is 0 Å². The standard InChI is InChI=1S/C12H10ClN3O2/c13-9-3-4-10(16-11(9)12(17)18)15-7-8-2-1-5-14-6-8/h1-6H,7H2,(H,15,16)(H,17,18). The van der Waals surface area contributed by atoms with Gasteiger partial charge in [0.15, 0.2) is 5.69 Å². The second-order valence-corrected chi connectivity index (χ2v) is 3.95. The van der Waals surface area contributed by atoms with E-state index in [4.69, 9.17) is 16.7 Å². The summed E-state index contributed by atoms with van der Waals surface area (Å²) in [5, 5.41) is 12.0. The van der Waals surface area contributed by atoms with Crippen molar-refractivity contribution in [1.82, 2.24) is 9.97 Å². The van der Waals surface area contributed by atoms with Gasteiger partial charge in [-0.1, -0.05) is 17.7 Å². The number of carboxylic acids is 1. The van der Waals surface area contributed by atoms with Gasteiger partial charge in [0.1, 0.15) is 5.82 Å². The number of carboxylic acid groups (broad SMARTS) is 1. The molecule has 2 N–H and O–H groups in total. The summed E-state index contributed by atoms with van der Waals surface area (Å²) in [5.74, 6) is -0.689. The lowest BCUT2D eigenvalue weighted by Gasteiger charge is -2.06. The Morgan fingerprint density at radius 1 is 1.39 bits per heavy atom. The van der Waals surface area contributed by atoms with E-state index < -0.39 is 5.97 Å². The Morgan fingerprint density at radius 3 is 2.89 bits per heavy atom. The number of halogens is 1. The van der Waals surface area contributed by atoms with Gasteiger partial charge in [-0.15, -0.1) is 0 Å². The summed E-state index contributed by atoms with van der Waals surface area (Å²) < 4.78 is 0. The second-order valence-electron chi connectivity index (χ2n) is 3.55. The Hall–Kier alpha value is -2.14. The van der Waals surface area contributed by atoms with Gasteiger partial charge in [0, 0.05) is 18.9 Å². The molecule has 0 aliphatic heterocycles. The molecule has 0 radical (unpaired) electrons. The number of hydrogen-bond donors (Lipinski definition) is 2. The molecular formula is C12H10ClN3O2. The van der Waals surface area contributed by atoms with Crippen LogP contribution in [0.4, 0.5) is 5.82 Å². The molecule has 0 aromatic carbocycles. The van der Waals surface area contributed by atoms with E-state index in [0.717, 1.165) is 5.56 Å². The van der Waals surface area contributed by atoms with E-state index in [0.29, 0.717) is 12.4 Å². The minimum Gasteiger partial charge on any atom is -0.476 e. The van der Waals surface area contributed by atoms with Crippen molar-refractivity contribution in [3.05, 3.63) is 52.9 Å². The van der Waals surface area contributed by atoms with Gasteiger partial charge in [0.25, 0.3) is 0 Å². The SMILES string of the molecule is O=C(O)c1nc(NCc2cccnc2)ccc1Cl. The van der Waals surface area contributed by atoms with Crippen LogP contribution in [0, 0.1) is 0 Å². The third-order valence-electron chi connectivity index (χ3n) is 2.25. The van der Waals surface area contributed by atoms with E-state index in [-0.39, 0.29) is 10.7 Å². The highest BCUT2D eigenvalue weighted by atomic mass is 35.5. The third-order valence-corrected chi connectivity index (χ3v) is 2.55.